The van der Waals surface area contributed by atoms with Crippen molar-refractivity contribution in [2.45, 2.75) is 45.3 Å². The fourth-order valence-corrected chi connectivity index (χ4v) is 2.96. The van der Waals surface area contributed by atoms with Crippen molar-refractivity contribution in [3.63, 3.8) is 0 Å². The minimum absolute atomic E-state index is 0.000839. The summed E-state index contributed by atoms with van der Waals surface area (Å²) in [6, 6.07) is 10.1. The van der Waals surface area contributed by atoms with Crippen LogP contribution < -0.4 is 24.3 Å². The summed E-state index contributed by atoms with van der Waals surface area (Å²) in [5.74, 6) is 1.30. The molecule has 0 spiro atoms. The van der Waals surface area contributed by atoms with Gasteiger partial charge in [0.1, 0.15) is 0 Å². The molecule has 6 nitrogen and oxygen atoms in total. The molecule has 9 heteroatoms. The zero-order valence-electron chi connectivity index (χ0n) is 19.1. The van der Waals surface area contributed by atoms with Gasteiger partial charge in [-0.2, -0.15) is 13.2 Å². The van der Waals surface area contributed by atoms with Crippen LogP contribution in [0.1, 0.15) is 37.3 Å². The topological polar surface area (TPSA) is 66.0 Å². The standard InChI is InChI=1S/C24H30F3NO5/c1-4-5-12-32-19-10-7-18(14-22(19)31-3)15-28-23(29)11-8-17-6-9-20(21(13-17)30-2)33-16-24(25,26)27/h6-7,9-10,13-14H,4-5,8,11-12,15-16H2,1-3H3,(H,28,29). The number of nitrogens with one attached hydrogen (secondary N) is 1. The molecule has 0 saturated carbocycles. The van der Waals surface area contributed by atoms with Crippen LogP contribution >= 0.6 is 0 Å². The molecule has 2 aromatic carbocycles. The third-order valence-electron chi connectivity index (χ3n) is 4.73. The van der Waals surface area contributed by atoms with E-state index in [9.17, 15) is 18.0 Å². The summed E-state index contributed by atoms with van der Waals surface area (Å²) >= 11 is 0. The minimum Gasteiger partial charge on any atom is -0.493 e. The number of amides is 1. The largest absolute Gasteiger partial charge is 0.493 e. The number of halogens is 3. The van der Waals surface area contributed by atoms with Gasteiger partial charge in [-0.15, -0.1) is 0 Å². The molecule has 0 aliphatic rings. The number of methoxy groups -OCH3 is 2. The lowest BCUT2D eigenvalue weighted by atomic mass is 10.1. The highest BCUT2D eigenvalue weighted by atomic mass is 19.4. The molecule has 1 amide bonds. The third kappa shape index (κ3) is 9.11. The normalized spacial score (nSPS) is 11.1. The lowest BCUT2D eigenvalue weighted by Crippen LogP contribution is -2.23. The van der Waals surface area contributed by atoms with Crippen molar-refractivity contribution in [2.24, 2.45) is 0 Å². The van der Waals surface area contributed by atoms with Crippen LogP contribution in [-0.2, 0) is 17.8 Å². The average molecular weight is 470 g/mol. The lowest BCUT2D eigenvalue weighted by molar-refractivity contribution is -0.153. The Morgan fingerprint density at radius 1 is 0.909 bits per heavy atom. The summed E-state index contributed by atoms with van der Waals surface area (Å²) in [4.78, 5) is 12.3. The molecule has 182 valence electrons. The Kier molecular flexibility index (Phi) is 10.2. The van der Waals surface area contributed by atoms with Crippen LogP contribution in [0.25, 0.3) is 0 Å². The number of hydrogen-bond donors (Lipinski definition) is 1. The molecule has 0 aliphatic carbocycles. The van der Waals surface area contributed by atoms with E-state index in [1.807, 2.05) is 18.2 Å². The summed E-state index contributed by atoms with van der Waals surface area (Å²) in [5, 5.41) is 2.85. The van der Waals surface area contributed by atoms with E-state index >= 15 is 0 Å². The van der Waals surface area contributed by atoms with Crippen LogP contribution in [0, 0.1) is 0 Å². The van der Waals surface area contributed by atoms with Crippen LogP contribution in [0.5, 0.6) is 23.0 Å². The summed E-state index contributed by atoms with van der Waals surface area (Å²) in [6.07, 6.45) is -1.84. The highest BCUT2D eigenvalue weighted by Crippen LogP contribution is 2.30. The zero-order valence-corrected chi connectivity index (χ0v) is 19.1. The van der Waals surface area contributed by atoms with Crippen molar-refractivity contribution in [3.8, 4) is 23.0 Å². The Morgan fingerprint density at radius 3 is 2.12 bits per heavy atom. The molecule has 0 unspecified atom stereocenters. The smallest absolute Gasteiger partial charge is 0.422 e. The maximum Gasteiger partial charge on any atom is 0.422 e. The summed E-state index contributed by atoms with van der Waals surface area (Å²) in [6.45, 7) is 1.63. The third-order valence-corrected chi connectivity index (χ3v) is 4.73. The molecule has 0 heterocycles. The number of rotatable bonds is 13. The first-order valence-electron chi connectivity index (χ1n) is 10.7. The minimum atomic E-state index is -4.44. The number of aryl methyl sites for hydroxylation is 1. The van der Waals surface area contributed by atoms with Crippen LogP contribution in [0.4, 0.5) is 13.2 Å². The van der Waals surface area contributed by atoms with Crippen LogP contribution in [0.15, 0.2) is 36.4 Å². The monoisotopic (exact) mass is 469 g/mol. The molecule has 2 aromatic rings. The number of benzene rings is 2. The second kappa shape index (κ2) is 12.8. The second-order valence-electron chi connectivity index (χ2n) is 7.35. The van der Waals surface area contributed by atoms with Gasteiger partial charge in [0.2, 0.25) is 5.91 Å². The van der Waals surface area contributed by atoms with Gasteiger partial charge >= 0.3 is 6.18 Å². The van der Waals surface area contributed by atoms with Crippen molar-refractivity contribution >= 4 is 5.91 Å². The molecule has 0 atom stereocenters. The molecule has 33 heavy (non-hydrogen) atoms. The first-order valence-corrected chi connectivity index (χ1v) is 10.7. The van der Waals surface area contributed by atoms with Crippen molar-refractivity contribution in [1.82, 2.24) is 5.32 Å². The van der Waals surface area contributed by atoms with Crippen molar-refractivity contribution < 1.29 is 36.9 Å². The molecule has 0 bridgehead atoms. The van der Waals surface area contributed by atoms with E-state index in [1.165, 1.54) is 13.2 Å². The predicted octanol–water partition coefficient (Wildman–Crippen LogP) is 5.07. The zero-order chi connectivity index (χ0) is 24.3. The molecule has 0 aliphatic heterocycles. The van der Waals surface area contributed by atoms with Gasteiger partial charge in [0.05, 0.1) is 20.8 Å². The van der Waals surface area contributed by atoms with Crippen molar-refractivity contribution in [3.05, 3.63) is 47.5 Å². The Balaban J connectivity index is 1.86. The molecular weight excluding hydrogens is 439 g/mol. The van der Waals surface area contributed by atoms with Gasteiger partial charge < -0.3 is 24.3 Å². The molecule has 2 rings (SSSR count). The molecular formula is C24H30F3NO5. The molecule has 0 aromatic heterocycles. The van der Waals surface area contributed by atoms with Gasteiger partial charge in [-0.25, -0.2) is 0 Å². The first kappa shape index (κ1) is 26.2. The summed E-state index contributed by atoms with van der Waals surface area (Å²) in [5.41, 5.74) is 1.62. The van der Waals surface area contributed by atoms with Gasteiger partial charge in [-0.05, 0) is 48.2 Å². The summed E-state index contributed by atoms with van der Waals surface area (Å²) in [7, 11) is 2.92. The second-order valence-corrected chi connectivity index (χ2v) is 7.35. The molecule has 1 N–H and O–H groups in total. The first-order chi connectivity index (χ1) is 15.8. The number of hydrogen-bond acceptors (Lipinski definition) is 5. The molecule has 0 fully saturated rings. The maximum atomic E-state index is 12.4. The van der Waals surface area contributed by atoms with E-state index < -0.39 is 12.8 Å². The number of carbonyl (C=O) groups is 1. The predicted molar refractivity (Wildman–Crippen MR) is 118 cm³/mol. The number of carbonyl (C=O) groups excluding carboxylic acids is 1. The lowest BCUT2D eigenvalue weighted by Gasteiger charge is -2.14. The molecule has 0 radical (unpaired) electrons. The van der Waals surface area contributed by atoms with Crippen LogP contribution in [0.2, 0.25) is 0 Å². The fraction of sp³-hybridized carbons (Fsp3) is 0.458. The van der Waals surface area contributed by atoms with Crippen LogP contribution in [0.3, 0.4) is 0 Å². The Bertz CT molecular complexity index is 902. The van der Waals surface area contributed by atoms with Gasteiger partial charge in [-0.1, -0.05) is 25.5 Å². The van der Waals surface area contributed by atoms with Crippen molar-refractivity contribution in [2.75, 3.05) is 27.4 Å². The Hall–Kier alpha value is -3.10. The van der Waals surface area contributed by atoms with Gasteiger partial charge in [0.15, 0.2) is 29.6 Å². The van der Waals surface area contributed by atoms with Gasteiger partial charge in [-0.3, -0.25) is 4.79 Å². The quantitative estimate of drug-likeness (QED) is 0.415. The van der Waals surface area contributed by atoms with Crippen molar-refractivity contribution in [1.29, 1.82) is 0 Å². The van der Waals surface area contributed by atoms with E-state index in [4.69, 9.17) is 18.9 Å². The number of ether oxygens (including phenoxy) is 4. The van der Waals surface area contributed by atoms with Crippen LogP contribution in [-0.4, -0.2) is 39.5 Å². The van der Waals surface area contributed by atoms with Gasteiger partial charge in [0.25, 0.3) is 0 Å². The SMILES string of the molecule is CCCCOc1ccc(CNC(=O)CCc2ccc(OCC(F)(F)F)c(OC)c2)cc1OC. The van der Waals surface area contributed by atoms with E-state index in [0.717, 1.165) is 24.0 Å². The van der Waals surface area contributed by atoms with E-state index in [0.29, 0.717) is 31.1 Å². The number of alkyl halides is 3. The highest BCUT2D eigenvalue weighted by molar-refractivity contribution is 5.76. The maximum absolute atomic E-state index is 12.4. The van der Waals surface area contributed by atoms with E-state index in [1.54, 1.807) is 19.2 Å². The Morgan fingerprint density at radius 2 is 1.52 bits per heavy atom. The van der Waals surface area contributed by atoms with E-state index in [2.05, 4.69) is 12.2 Å². The summed E-state index contributed by atoms with van der Waals surface area (Å²) < 4.78 is 58.0. The van der Waals surface area contributed by atoms with E-state index in [-0.39, 0.29) is 23.8 Å². The molecule has 0 saturated heterocycles. The Labute approximate surface area is 192 Å². The van der Waals surface area contributed by atoms with Gasteiger partial charge in [0, 0.05) is 13.0 Å². The number of unbranched alkanes of at least 4 members (excludes halogenated alkanes) is 1. The fourth-order valence-electron chi connectivity index (χ4n) is 2.96. The average Bonchev–Trinajstić information content (AvgIpc) is 2.80. The highest BCUT2D eigenvalue weighted by Gasteiger charge is 2.29.